The second-order valence-electron chi connectivity index (χ2n) is 12.1. The van der Waals surface area contributed by atoms with Crippen molar-refractivity contribution < 1.29 is 51.5 Å². The van der Waals surface area contributed by atoms with Crippen LogP contribution in [0.15, 0.2) is 0 Å². The van der Waals surface area contributed by atoms with E-state index in [4.69, 9.17) is 0 Å². The summed E-state index contributed by atoms with van der Waals surface area (Å²) in [6, 6.07) is 0. The van der Waals surface area contributed by atoms with Crippen LogP contribution in [-0.2, 0) is 35.8 Å². The zero-order valence-electron chi connectivity index (χ0n) is 28.3. The topological polar surface area (TPSA) is 112 Å². The van der Waals surface area contributed by atoms with Gasteiger partial charge in [-0.15, -0.1) is 0 Å². The summed E-state index contributed by atoms with van der Waals surface area (Å²) in [4.78, 5) is 20.4. The predicted molar refractivity (Wildman–Crippen MR) is 173 cm³/mol. The van der Waals surface area contributed by atoms with Crippen LogP contribution in [0, 0.1) is 0 Å². The van der Waals surface area contributed by atoms with Crippen LogP contribution < -0.4 is 10.2 Å². The molecule has 0 fully saturated rings. The molecule has 2 N–H and O–H groups in total. The van der Waals surface area contributed by atoms with Gasteiger partial charge in [0.2, 0.25) is 0 Å². The molecule has 0 unspecified atom stereocenters. The molecular formula is C36H72O5Zr. The molecule has 0 heterocycles. The van der Waals surface area contributed by atoms with Crippen LogP contribution in [0.4, 0.5) is 0 Å². The summed E-state index contributed by atoms with van der Waals surface area (Å²) in [6.45, 7) is 4.53. The molecule has 0 saturated heterocycles. The summed E-state index contributed by atoms with van der Waals surface area (Å²) < 4.78 is 0. The first kappa shape index (κ1) is 48.7. The van der Waals surface area contributed by atoms with Crippen LogP contribution in [0.3, 0.4) is 0 Å². The Morgan fingerprint density at radius 2 is 0.476 bits per heavy atom. The maximum Gasteiger partial charge on any atom is 2.00 e. The molecule has 42 heavy (non-hydrogen) atoms. The molecule has 0 amide bonds. The van der Waals surface area contributed by atoms with Gasteiger partial charge >= 0.3 is 26.2 Å². The number of unbranched alkanes of at least 4 members (excludes halogenated alkanes) is 28. The van der Waals surface area contributed by atoms with Gasteiger partial charge in [-0.2, -0.15) is 0 Å². The summed E-state index contributed by atoms with van der Waals surface area (Å²) >= 11 is 0. The number of carboxylic acid groups (broad SMARTS) is 2. The molecule has 0 aliphatic rings. The largest absolute Gasteiger partial charge is 2.00 e. The number of rotatable bonds is 32. The van der Waals surface area contributed by atoms with E-state index in [1.807, 2.05) is 0 Å². The third kappa shape index (κ3) is 52.4. The Hall–Kier alpha value is -0.217. The molecule has 0 radical (unpaired) electrons. The van der Waals surface area contributed by atoms with Crippen molar-refractivity contribution >= 4 is 11.9 Å². The van der Waals surface area contributed by atoms with Crippen molar-refractivity contribution in [2.75, 3.05) is 0 Å². The molecule has 0 aromatic heterocycles. The molecule has 6 heteroatoms. The van der Waals surface area contributed by atoms with Crippen LogP contribution in [0.25, 0.3) is 0 Å². The average Bonchev–Trinajstić information content (AvgIpc) is 2.93. The first-order valence-corrected chi connectivity index (χ1v) is 17.9. The van der Waals surface area contributed by atoms with E-state index in [2.05, 4.69) is 13.8 Å². The number of carbonyl (C=O) groups is 2. The Morgan fingerprint density at radius 1 is 0.333 bits per heavy atom. The number of aliphatic carboxylic acids is 2. The van der Waals surface area contributed by atoms with Gasteiger partial charge < -0.3 is 25.3 Å². The first-order valence-electron chi connectivity index (χ1n) is 17.9. The van der Waals surface area contributed by atoms with E-state index < -0.39 is 11.9 Å². The zero-order chi connectivity index (χ0) is 29.8. The van der Waals surface area contributed by atoms with Crippen molar-refractivity contribution in [2.45, 2.75) is 219 Å². The van der Waals surface area contributed by atoms with Gasteiger partial charge in [0.05, 0.1) is 0 Å². The Balaban J connectivity index is -0.000000328. The molecule has 0 aliphatic heterocycles. The fourth-order valence-electron chi connectivity index (χ4n) is 5.28. The second kappa shape index (κ2) is 45.2. The summed E-state index contributed by atoms with van der Waals surface area (Å²) in [5, 5.41) is 20.4. The second-order valence-corrected chi connectivity index (χ2v) is 12.1. The van der Waals surface area contributed by atoms with Crippen LogP contribution in [-0.4, -0.2) is 17.4 Å². The van der Waals surface area contributed by atoms with Gasteiger partial charge in [-0.05, 0) is 25.7 Å². The minimum atomic E-state index is -0.903. The van der Waals surface area contributed by atoms with E-state index in [-0.39, 0.29) is 44.5 Å². The van der Waals surface area contributed by atoms with E-state index in [1.165, 1.54) is 167 Å². The van der Waals surface area contributed by atoms with Gasteiger partial charge in [0, 0.05) is 11.9 Å². The van der Waals surface area contributed by atoms with Gasteiger partial charge in [0.25, 0.3) is 0 Å². The molecule has 0 aromatic rings. The molecular weight excluding hydrogens is 604 g/mol. The summed E-state index contributed by atoms with van der Waals surface area (Å²) in [5.41, 5.74) is 0. The number of hydrogen-bond acceptors (Lipinski definition) is 4. The van der Waals surface area contributed by atoms with E-state index >= 15 is 0 Å². The van der Waals surface area contributed by atoms with Gasteiger partial charge in [-0.25, -0.2) is 0 Å². The Kier molecular flexibility index (Phi) is 52.4. The molecule has 0 rings (SSSR count). The normalized spacial score (nSPS) is 10.3. The molecule has 0 saturated carbocycles. The molecule has 0 aliphatic carbocycles. The Labute approximate surface area is 281 Å². The average molecular weight is 676 g/mol. The van der Waals surface area contributed by atoms with E-state index in [0.717, 1.165) is 25.7 Å². The standard InChI is InChI=1S/2C18H36O2.H2O.Zr/c2*1-2-3-4-5-6-7-8-9-10-11-12-13-14-15-16-17-18(19)20;;/h2*2-17H2,1H3,(H,19,20);1H2;/q;;;+2/p-2. The van der Waals surface area contributed by atoms with Gasteiger partial charge in [-0.1, -0.05) is 194 Å². The van der Waals surface area contributed by atoms with Crippen molar-refractivity contribution in [3.63, 3.8) is 0 Å². The molecule has 0 bridgehead atoms. The van der Waals surface area contributed by atoms with Gasteiger partial charge in [0.1, 0.15) is 0 Å². The molecule has 5 nitrogen and oxygen atoms in total. The fourth-order valence-corrected chi connectivity index (χ4v) is 5.28. The zero-order valence-corrected chi connectivity index (χ0v) is 30.7. The summed E-state index contributed by atoms with van der Waals surface area (Å²) in [5.74, 6) is -1.81. The third-order valence-electron chi connectivity index (χ3n) is 7.97. The maximum absolute atomic E-state index is 10.2. The van der Waals surface area contributed by atoms with E-state index in [0.29, 0.717) is 0 Å². The van der Waals surface area contributed by atoms with Crippen LogP contribution in [0.5, 0.6) is 0 Å². The van der Waals surface area contributed by atoms with E-state index in [9.17, 15) is 19.8 Å². The minimum absolute atomic E-state index is 0. The number of hydrogen-bond donors (Lipinski definition) is 0. The third-order valence-corrected chi connectivity index (χ3v) is 7.97. The fraction of sp³-hybridized carbons (Fsp3) is 0.944. The maximum atomic E-state index is 10.2. The smallest absolute Gasteiger partial charge is 0.550 e. The quantitative estimate of drug-likeness (QED) is 0.0662. The minimum Gasteiger partial charge on any atom is -0.550 e. The summed E-state index contributed by atoms with van der Waals surface area (Å²) in [6.07, 6.45) is 39.7. The number of carbonyl (C=O) groups excluding carboxylic acids is 2. The first-order chi connectivity index (χ1) is 19.5. The van der Waals surface area contributed by atoms with Crippen LogP contribution >= 0.6 is 0 Å². The van der Waals surface area contributed by atoms with Crippen LogP contribution in [0.1, 0.15) is 219 Å². The molecule has 0 atom stereocenters. The molecule has 250 valence electrons. The molecule has 0 aromatic carbocycles. The summed E-state index contributed by atoms with van der Waals surface area (Å²) in [7, 11) is 0. The van der Waals surface area contributed by atoms with Crippen molar-refractivity contribution in [1.82, 2.24) is 0 Å². The molecule has 0 spiro atoms. The SMILES string of the molecule is CCCCCCCCCCCCCCCCCC(=O)[O-].CCCCCCCCCCCCCCCCCC(=O)[O-].O.[Zr+2]. The van der Waals surface area contributed by atoms with Crippen molar-refractivity contribution in [3.8, 4) is 0 Å². The van der Waals surface area contributed by atoms with Crippen molar-refractivity contribution in [3.05, 3.63) is 0 Å². The van der Waals surface area contributed by atoms with Gasteiger partial charge in [0.15, 0.2) is 0 Å². The van der Waals surface area contributed by atoms with Gasteiger partial charge in [-0.3, -0.25) is 0 Å². The van der Waals surface area contributed by atoms with Crippen LogP contribution in [0.2, 0.25) is 0 Å². The number of carboxylic acids is 2. The predicted octanol–water partition coefficient (Wildman–Crippen LogP) is 9.17. The Morgan fingerprint density at radius 3 is 0.619 bits per heavy atom. The van der Waals surface area contributed by atoms with Crippen molar-refractivity contribution in [2.24, 2.45) is 0 Å². The van der Waals surface area contributed by atoms with Crippen molar-refractivity contribution in [1.29, 1.82) is 0 Å². The monoisotopic (exact) mass is 674 g/mol. The Bertz CT molecular complexity index is 457. The van der Waals surface area contributed by atoms with E-state index in [1.54, 1.807) is 0 Å².